The zero-order valence-electron chi connectivity index (χ0n) is 15.3. The molecule has 0 saturated carbocycles. The molecule has 0 saturated heterocycles. The van der Waals surface area contributed by atoms with Gasteiger partial charge in [-0.25, -0.2) is 4.98 Å². The number of carbonyl (C=O) groups is 1. The number of ketones is 1. The van der Waals surface area contributed by atoms with Gasteiger partial charge in [0.05, 0.1) is 21.8 Å². The van der Waals surface area contributed by atoms with Gasteiger partial charge in [-0.3, -0.25) is 14.2 Å². The van der Waals surface area contributed by atoms with Gasteiger partial charge in [0.1, 0.15) is 0 Å². The molecule has 0 aliphatic rings. The van der Waals surface area contributed by atoms with Crippen LogP contribution in [0.4, 0.5) is 0 Å². The maximum absolute atomic E-state index is 13.2. The molecule has 1 aromatic heterocycles. The highest BCUT2D eigenvalue weighted by molar-refractivity contribution is 8.00. The summed E-state index contributed by atoms with van der Waals surface area (Å²) in [6, 6.07) is 25.8. The lowest BCUT2D eigenvalue weighted by molar-refractivity contribution is 0.0994. The van der Waals surface area contributed by atoms with Gasteiger partial charge in [-0.2, -0.15) is 0 Å². The molecule has 138 valence electrons. The normalized spacial score (nSPS) is 12.0. The van der Waals surface area contributed by atoms with Gasteiger partial charge in [-0.1, -0.05) is 72.4 Å². The monoisotopic (exact) mass is 386 g/mol. The molecule has 4 aromatic rings. The van der Waals surface area contributed by atoms with Crippen LogP contribution in [0.1, 0.15) is 17.3 Å². The third-order valence-electron chi connectivity index (χ3n) is 4.47. The first kappa shape index (κ1) is 18.2. The molecule has 0 aliphatic heterocycles. The number of para-hydroxylation sites is 2. The number of nitrogens with zero attached hydrogens (tertiary/aromatic N) is 2. The number of thioether (sulfide) groups is 1. The first-order valence-corrected chi connectivity index (χ1v) is 9.86. The number of rotatable bonds is 5. The molecule has 0 N–H and O–H groups in total. The lowest BCUT2D eigenvalue weighted by atomic mass is 10.1. The summed E-state index contributed by atoms with van der Waals surface area (Å²) in [4.78, 5) is 30.7. The lowest BCUT2D eigenvalue weighted by Crippen LogP contribution is -2.23. The molecular formula is C23H18N2O2S. The Bertz CT molecular complexity index is 1190. The molecule has 3 aromatic carbocycles. The number of aromatic nitrogens is 2. The highest BCUT2D eigenvalue weighted by Crippen LogP contribution is 2.27. The zero-order valence-corrected chi connectivity index (χ0v) is 16.1. The highest BCUT2D eigenvalue weighted by Gasteiger charge is 2.21. The Morgan fingerprint density at radius 1 is 0.893 bits per heavy atom. The Morgan fingerprint density at radius 2 is 1.50 bits per heavy atom. The van der Waals surface area contributed by atoms with Crippen LogP contribution >= 0.6 is 11.8 Å². The van der Waals surface area contributed by atoms with Crippen LogP contribution in [0.3, 0.4) is 0 Å². The van der Waals surface area contributed by atoms with Crippen molar-refractivity contribution in [3.8, 4) is 5.69 Å². The van der Waals surface area contributed by atoms with Crippen molar-refractivity contribution < 1.29 is 4.79 Å². The largest absolute Gasteiger partial charge is 0.293 e. The predicted molar refractivity (Wildman–Crippen MR) is 113 cm³/mol. The maximum atomic E-state index is 13.2. The molecule has 4 rings (SSSR count). The van der Waals surface area contributed by atoms with Gasteiger partial charge in [0.25, 0.3) is 5.56 Å². The van der Waals surface area contributed by atoms with E-state index in [0.29, 0.717) is 21.6 Å². The molecule has 1 unspecified atom stereocenters. The zero-order chi connectivity index (χ0) is 19.5. The summed E-state index contributed by atoms with van der Waals surface area (Å²) < 4.78 is 1.59. The number of hydrogen-bond acceptors (Lipinski definition) is 4. The summed E-state index contributed by atoms with van der Waals surface area (Å²) in [5.41, 5.74) is 1.87. The number of Topliss-reactive ketones (excluding diaryl/α,β-unsaturated/α-hetero) is 1. The van der Waals surface area contributed by atoms with E-state index in [9.17, 15) is 9.59 Å². The maximum Gasteiger partial charge on any atom is 0.266 e. The Morgan fingerprint density at radius 3 is 2.21 bits per heavy atom. The highest BCUT2D eigenvalue weighted by atomic mass is 32.2. The van der Waals surface area contributed by atoms with Gasteiger partial charge in [-0.15, -0.1) is 0 Å². The molecule has 0 fully saturated rings. The summed E-state index contributed by atoms with van der Waals surface area (Å²) in [7, 11) is 0. The van der Waals surface area contributed by atoms with Crippen molar-refractivity contribution in [3.05, 3.63) is 101 Å². The number of fused-ring (bicyclic) bond motifs is 1. The molecule has 0 bridgehead atoms. The quantitative estimate of drug-likeness (QED) is 0.282. The third kappa shape index (κ3) is 3.49. The van der Waals surface area contributed by atoms with E-state index in [1.165, 1.54) is 11.8 Å². The van der Waals surface area contributed by atoms with E-state index in [2.05, 4.69) is 0 Å². The van der Waals surface area contributed by atoms with E-state index in [1.54, 1.807) is 22.8 Å². The number of benzene rings is 3. The Kier molecular flexibility index (Phi) is 5.08. The second-order valence-corrected chi connectivity index (χ2v) is 7.69. The van der Waals surface area contributed by atoms with Crippen LogP contribution in [-0.2, 0) is 0 Å². The molecule has 0 spiro atoms. The fraction of sp³-hybridized carbons (Fsp3) is 0.0870. The number of carbonyl (C=O) groups excluding carboxylic acids is 1. The second-order valence-electron chi connectivity index (χ2n) is 6.38. The van der Waals surface area contributed by atoms with Crippen LogP contribution in [0, 0.1) is 0 Å². The van der Waals surface area contributed by atoms with Crippen molar-refractivity contribution in [2.45, 2.75) is 17.3 Å². The minimum Gasteiger partial charge on any atom is -0.293 e. The lowest BCUT2D eigenvalue weighted by Gasteiger charge is -2.16. The summed E-state index contributed by atoms with van der Waals surface area (Å²) >= 11 is 1.30. The van der Waals surface area contributed by atoms with Crippen molar-refractivity contribution in [2.75, 3.05) is 0 Å². The first-order chi connectivity index (χ1) is 13.6. The van der Waals surface area contributed by atoms with Gasteiger partial charge in [-0.05, 0) is 31.2 Å². The standard InChI is InChI=1S/C23H18N2O2S/c1-16(21(26)17-10-4-2-5-11-17)28-23-24-20-15-9-8-14-19(20)22(27)25(23)18-12-6-3-7-13-18/h2-16H,1H3. The summed E-state index contributed by atoms with van der Waals surface area (Å²) in [6.07, 6.45) is 0. The van der Waals surface area contributed by atoms with Crippen molar-refractivity contribution in [1.29, 1.82) is 0 Å². The molecule has 0 amide bonds. The Balaban J connectivity index is 1.82. The van der Waals surface area contributed by atoms with Crippen LogP contribution in [0.25, 0.3) is 16.6 Å². The average Bonchev–Trinajstić information content (AvgIpc) is 2.74. The molecule has 1 atom stereocenters. The van der Waals surface area contributed by atoms with Gasteiger partial charge < -0.3 is 0 Å². The van der Waals surface area contributed by atoms with E-state index in [0.717, 1.165) is 5.69 Å². The fourth-order valence-corrected chi connectivity index (χ4v) is 4.05. The molecular weight excluding hydrogens is 368 g/mol. The molecule has 1 heterocycles. The molecule has 0 aliphatic carbocycles. The molecule has 5 heteroatoms. The topological polar surface area (TPSA) is 52.0 Å². The summed E-state index contributed by atoms with van der Waals surface area (Å²) in [6.45, 7) is 1.84. The Hall–Kier alpha value is -3.18. The van der Waals surface area contributed by atoms with E-state index >= 15 is 0 Å². The van der Waals surface area contributed by atoms with E-state index in [-0.39, 0.29) is 16.6 Å². The van der Waals surface area contributed by atoms with Gasteiger partial charge in [0.2, 0.25) is 0 Å². The third-order valence-corrected chi connectivity index (χ3v) is 5.52. The van der Waals surface area contributed by atoms with E-state index < -0.39 is 0 Å². The Labute approximate surface area is 166 Å². The molecule has 28 heavy (non-hydrogen) atoms. The van der Waals surface area contributed by atoms with Crippen molar-refractivity contribution in [1.82, 2.24) is 9.55 Å². The summed E-state index contributed by atoms with van der Waals surface area (Å²) in [5.74, 6) is 0.00705. The van der Waals surface area contributed by atoms with Gasteiger partial charge in [0.15, 0.2) is 10.9 Å². The average molecular weight is 386 g/mol. The minimum atomic E-state index is -0.384. The van der Waals surface area contributed by atoms with Crippen LogP contribution in [0.5, 0.6) is 0 Å². The van der Waals surface area contributed by atoms with Gasteiger partial charge in [0, 0.05) is 5.56 Å². The van der Waals surface area contributed by atoms with E-state index in [4.69, 9.17) is 4.98 Å². The van der Waals surface area contributed by atoms with Crippen molar-refractivity contribution >= 4 is 28.4 Å². The van der Waals surface area contributed by atoms with Crippen molar-refractivity contribution in [3.63, 3.8) is 0 Å². The SMILES string of the molecule is CC(Sc1nc2ccccc2c(=O)n1-c1ccccc1)C(=O)c1ccccc1. The minimum absolute atomic E-state index is 0.00705. The van der Waals surface area contributed by atoms with Crippen LogP contribution < -0.4 is 5.56 Å². The second kappa shape index (κ2) is 7.82. The van der Waals surface area contributed by atoms with Crippen molar-refractivity contribution in [2.24, 2.45) is 0 Å². The molecule has 4 nitrogen and oxygen atoms in total. The first-order valence-electron chi connectivity index (χ1n) is 8.98. The van der Waals surface area contributed by atoms with E-state index in [1.807, 2.05) is 73.7 Å². The van der Waals surface area contributed by atoms with Crippen LogP contribution in [-0.4, -0.2) is 20.6 Å². The predicted octanol–water partition coefficient (Wildman–Crippen LogP) is 4.75. The fourth-order valence-electron chi connectivity index (χ4n) is 3.04. The molecule has 0 radical (unpaired) electrons. The van der Waals surface area contributed by atoms with Crippen LogP contribution in [0.15, 0.2) is 94.9 Å². The summed E-state index contributed by atoms with van der Waals surface area (Å²) in [5, 5.41) is 0.676. The van der Waals surface area contributed by atoms with Gasteiger partial charge >= 0.3 is 0 Å². The smallest absolute Gasteiger partial charge is 0.266 e. The number of hydrogen-bond donors (Lipinski definition) is 0. The van der Waals surface area contributed by atoms with Crippen LogP contribution in [0.2, 0.25) is 0 Å².